The van der Waals surface area contributed by atoms with Gasteiger partial charge in [-0.2, -0.15) is 0 Å². The minimum Gasteiger partial charge on any atom is -0.444 e. The second kappa shape index (κ2) is 12.0. The van der Waals surface area contributed by atoms with E-state index < -0.39 is 0 Å². The first-order valence-electron chi connectivity index (χ1n) is 10.1. The zero-order valence-electron chi connectivity index (χ0n) is 17.6. The zero-order valence-corrected chi connectivity index (χ0v) is 20.0. The third kappa shape index (κ3) is 7.18. The van der Waals surface area contributed by atoms with Crippen LogP contribution in [0.2, 0.25) is 0 Å². The Morgan fingerprint density at radius 2 is 1.83 bits per heavy atom. The number of hydrogen-bond acceptors (Lipinski definition) is 5. The van der Waals surface area contributed by atoms with Gasteiger partial charge in [0, 0.05) is 45.5 Å². The number of benzene rings is 1. The van der Waals surface area contributed by atoms with E-state index in [2.05, 4.69) is 60.7 Å². The van der Waals surface area contributed by atoms with Gasteiger partial charge >= 0.3 is 0 Å². The molecule has 8 heteroatoms. The SMILES string of the molecule is CN=C(NCCCN1CCN(c2ccccc2)CC1)NCc1nc(C)c(C)o1.I. The summed E-state index contributed by atoms with van der Waals surface area (Å²) in [5.74, 6) is 2.34. The van der Waals surface area contributed by atoms with Crippen molar-refractivity contribution in [1.82, 2.24) is 20.5 Å². The van der Waals surface area contributed by atoms with Gasteiger partial charge in [-0.1, -0.05) is 18.2 Å². The van der Waals surface area contributed by atoms with Gasteiger partial charge < -0.3 is 20.0 Å². The summed E-state index contributed by atoms with van der Waals surface area (Å²) in [5.41, 5.74) is 2.27. The molecule has 1 aliphatic rings. The molecule has 1 aliphatic heterocycles. The monoisotopic (exact) mass is 512 g/mol. The van der Waals surface area contributed by atoms with E-state index in [4.69, 9.17) is 4.42 Å². The molecule has 2 heterocycles. The third-order valence-electron chi connectivity index (χ3n) is 5.14. The Kier molecular flexibility index (Phi) is 9.72. The number of anilines is 1. The lowest BCUT2D eigenvalue weighted by Gasteiger charge is -2.36. The Balaban J connectivity index is 0.00000300. The number of aromatic nitrogens is 1. The van der Waals surface area contributed by atoms with E-state index in [1.807, 2.05) is 13.8 Å². The van der Waals surface area contributed by atoms with Crippen LogP contribution in [0.4, 0.5) is 5.69 Å². The molecule has 0 bridgehead atoms. The number of nitrogens with zero attached hydrogens (tertiary/aromatic N) is 4. The van der Waals surface area contributed by atoms with Crippen LogP contribution in [-0.2, 0) is 6.54 Å². The number of halogens is 1. The number of aryl methyl sites for hydroxylation is 2. The summed E-state index contributed by atoms with van der Waals surface area (Å²) >= 11 is 0. The van der Waals surface area contributed by atoms with Crippen molar-refractivity contribution in [2.45, 2.75) is 26.8 Å². The van der Waals surface area contributed by atoms with Crippen molar-refractivity contribution in [3.8, 4) is 0 Å². The van der Waals surface area contributed by atoms with Crippen molar-refractivity contribution < 1.29 is 4.42 Å². The van der Waals surface area contributed by atoms with Crippen molar-refractivity contribution in [2.75, 3.05) is 51.2 Å². The van der Waals surface area contributed by atoms with Gasteiger partial charge in [-0.15, -0.1) is 24.0 Å². The second-order valence-electron chi connectivity index (χ2n) is 7.12. The highest BCUT2D eigenvalue weighted by atomic mass is 127. The fourth-order valence-corrected chi connectivity index (χ4v) is 3.37. The first-order valence-corrected chi connectivity index (χ1v) is 10.1. The number of rotatable bonds is 7. The number of hydrogen-bond donors (Lipinski definition) is 2. The van der Waals surface area contributed by atoms with Crippen LogP contribution in [0.1, 0.15) is 23.8 Å². The Hall–Kier alpha value is -1.81. The highest BCUT2D eigenvalue weighted by Crippen LogP contribution is 2.15. The molecule has 2 N–H and O–H groups in total. The average Bonchev–Trinajstić information content (AvgIpc) is 3.06. The quantitative estimate of drug-likeness (QED) is 0.258. The van der Waals surface area contributed by atoms with Crippen molar-refractivity contribution in [3.63, 3.8) is 0 Å². The molecule has 0 unspecified atom stereocenters. The van der Waals surface area contributed by atoms with Crippen LogP contribution in [0, 0.1) is 13.8 Å². The van der Waals surface area contributed by atoms with E-state index in [1.165, 1.54) is 5.69 Å². The molecule has 29 heavy (non-hydrogen) atoms. The first kappa shape index (κ1) is 23.5. The van der Waals surface area contributed by atoms with Gasteiger partial charge in [0.2, 0.25) is 5.89 Å². The molecular formula is C21H33IN6O. The van der Waals surface area contributed by atoms with Gasteiger partial charge in [-0.05, 0) is 38.9 Å². The van der Waals surface area contributed by atoms with E-state index in [0.29, 0.717) is 12.4 Å². The molecule has 0 aliphatic carbocycles. The van der Waals surface area contributed by atoms with Gasteiger partial charge in [-0.3, -0.25) is 9.89 Å². The van der Waals surface area contributed by atoms with Crippen LogP contribution < -0.4 is 15.5 Å². The van der Waals surface area contributed by atoms with Crippen LogP contribution in [0.25, 0.3) is 0 Å². The summed E-state index contributed by atoms with van der Waals surface area (Å²) in [6.07, 6.45) is 1.09. The lowest BCUT2D eigenvalue weighted by molar-refractivity contribution is 0.255. The van der Waals surface area contributed by atoms with Gasteiger partial charge in [-0.25, -0.2) is 4.98 Å². The van der Waals surface area contributed by atoms with Crippen LogP contribution in [0.3, 0.4) is 0 Å². The normalized spacial score (nSPS) is 15.1. The molecule has 0 amide bonds. The topological polar surface area (TPSA) is 68.9 Å². The first-order chi connectivity index (χ1) is 13.7. The minimum atomic E-state index is 0. The van der Waals surface area contributed by atoms with Gasteiger partial charge in [0.15, 0.2) is 5.96 Å². The van der Waals surface area contributed by atoms with Crippen molar-refractivity contribution >= 4 is 35.6 Å². The van der Waals surface area contributed by atoms with E-state index in [1.54, 1.807) is 7.05 Å². The smallest absolute Gasteiger partial charge is 0.214 e. The molecule has 7 nitrogen and oxygen atoms in total. The molecular weight excluding hydrogens is 479 g/mol. The molecule has 0 spiro atoms. The average molecular weight is 512 g/mol. The number of aliphatic imine (C=N–C) groups is 1. The van der Waals surface area contributed by atoms with E-state index >= 15 is 0 Å². The number of piperazine rings is 1. The Morgan fingerprint density at radius 1 is 1.10 bits per heavy atom. The van der Waals surface area contributed by atoms with Crippen LogP contribution >= 0.6 is 24.0 Å². The van der Waals surface area contributed by atoms with Crippen molar-refractivity contribution in [3.05, 3.63) is 47.7 Å². The maximum atomic E-state index is 5.59. The Morgan fingerprint density at radius 3 is 2.45 bits per heavy atom. The van der Waals surface area contributed by atoms with Crippen LogP contribution in [0.5, 0.6) is 0 Å². The van der Waals surface area contributed by atoms with E-state index in [-0.39, 0.29) is 24.0 Å². The van der Waals surface area contributed by atoms with Gasteiger partial charge in [0.25, 0.3) is 0 Å². The largest absolute Gasteiger partial charge is 0.444 e. The molecule has 0 atom stereocenters. The molecule has 1 aromatic heterocycles. The maximum Gasteiger partial charge on any atom is 0.214 e. The summed E-state index contributed by atoms with van der Waals surface area (Å²) in [6, 6.07) is 10.7. The highest BCUT2D eigenvalue weighted by Gasteiger charge is 2.16. The predicted octanol–water partition coefficient (Wildman–Crippen LogP) is 2.79. The lowest BCUT2D eigenvalue weighted by atomic mass is 10.2. The zero-order chi connectivity index (χ0) is 19.8. The summed E-state index contributed by atoms with van der Waals surface area (Å²) in [6.45, 7) is 10.8. The van der Waals surface area contributed by atoms with Crippen molar-refractivity contribution in [1.29, 1.82) is 0 Å². The fourth-order valence-electron chi connectivity index (χ4n) is 3.37. The molecule has 1 fully saturated rings. The lowest BCUT2D eigenvalue weighted by Crippen LogP contribution is -2.47. The predicted molar refractivity (Wildman–Crippen MR) is 129 cm³/mol. The molecule has 2 aromatic rings. The second-order valence-corrected chi connectivity index (χ2v) is 7.12. The van der Waals surface area contributed by atoms with Gasteiger partial charge in [0.05, 0.1) is 12.2 Å². The number of oxazole rings is 1. The summed E-state index contributed by atoms with van der Waals surface area (Å²) < 4.78 is 5.59. The van der Waals surface area contributed by atoms with Crippen LogP contribution in [0.15, 0.2) is 39.7 Å². The summed E-state index contributed by atoms with van der Waals surface area (Å²) in [7, 11) is 1.78. The standard InChI is InChI=1S/C21H32N6O.HI/c1-17-18(2)28-20(25-17)16-24-21(22-3)23-10-7-11-26-12-14-27(15-13-26)19-8-5-4-6-9-19;/h4-6,8-9H,7,10-16H2,1-3H3,(H2,22,23,24);1H. The Labute approximate surface area is 191 Å². The number of para-hydroxylation sites is 1. The number of guanidine groups is 1. The summed E-state index contributed by atoms with van der Waals surface area (Å²) in [5, 5.41) is 6.62. The van der Waals surface area contributed by atoms with E-state index in [0.717, 1.165) is 63.1 Å². The Bertz CT molecular complexity index is 736. The highest BCUT2D eigenvalue weighted by molar-refractivity contribution is 14.0. The van der Waals surface area contributed by atoms with Crippen molar-refractivity contribution in [2.24, 2.45) is 4.99 Å². The molecule has 1 saturated heterocycles. The molecule has 1 aromatic carbocycles. The molecule has 160 valence electrons. The molecule has 3 rings (SSSR count). The third-order valence-corrected chi connectivity index (χ3v) is 5.14. The minimum absolute atomic E-state index is 0. The maximum absolute atomic E-state index is 5.59. The van der Waals surface area contributed by atoms with E-state index in [9.17, 15) is 0 Å². The fraction of sp³-hybridized carbons (Fsp3) is 0.524. The van der Waals surface area contributed by atoms with Crippen LogP contribution in [-0.4, -0.2) is 62.2 Å². The molecule has 0 radical (unpaired) electrons. The summed E-state index contributed by atoms with van der Waals surface area (Å²) in [4.78, 5) is 13.6. The number of nitrogens with one attached hydrogen (secondary N) is 2. The van der Waals surface area contributed by atoms with Gasteiger partial charge in [0.1, 0.15) is 5.76 Å². The molecule has 0 saturated carbocycles.